The van der Waals surface area contributed by atoms with Crippen LogP contribution in [0.3, 0.4) is 0 Å². The lowest BCUT2D eigenvalue weighted by molar-refractivity contribution is 0.0249. The fraction of sp³-hybridized carbons (Fsp3) is 1.00. The van der Waals surface area contributed by atoms with Crippen molar-refractivity contribution in [2.45, 2.75) is 66.5 Å². The number of hydrogen-bond acceptors (Lipinski definition) is 3. The Balaban J connectivity index is 2.21. The van der Waals surface area contributed by atoms with Gasteiger partial charge in [0.1, 0.15) is 0 Å². The number of ether oxygens (including phenoxy) is 1. The summed E-state index contributed by atoms with van der Waals surface area (Å²) in [6.07, 6.45) is 1.14. The van der Waals surface area contributed by atoms with Crippen LogP contribution < -0.4 is 0 Å². The van der Waals surface area contributed by atoms with E-state index in [0.717, 1.165) is 19.6 Å². The lowest BCUT2D eigenvalue weighted by atomic mass is 9.99. The van der Waals surface area contributed by atoms with Crippen LogP contribution in [-0.4, -0.2) is 60.8 Å². The predicted molar refractivity (Wildman–Crippen MR) is 87.3 cm³/mol. The number of hydrogen-bond donors (Lipinski definition) is 0. The third kappa shape index (κ3) is 6.55. The Labute approximate surface area is 126 Å². The quantitative estimate of drug-likeness (QED) is 0.721. The van der Waals surface area contributed by atoms with E-state index in [9.17, 15) is 0 Å². The molecular weight excluding hydrogens is 248 g/mol. The van der Waals surface area contributed by atoms with Crippen molar-refractivity contribution in [1.29, 1.82) is 0 Å². The molecule has 0 aromatic heterocycles. The summed E-state index contributed by atoms with van der Waals surface area (Å²) in [5.74, 6) is 0. The van der Waals surface area contributed by atoms with Crippen LogP contribution in [-0.2, 0) is 4.74 Å². The van der Waals surface area contributed by atoms with Crippen LogP contribution in [0.5, 0.6) is 0 Å². The maximum absolute atomic E-state index is 5.80. The second-order valence-corrected chi connectivity index (χ2v) is 8.44. The van der Waals surface area contributed by atoms with Gasteiger partial charge in [0.15, 0.2) is 0 Å². The highest BCUT2D eigenvalue weighted by Gasteiger charge is 2.27. The lowest BCUT2D eigenvalue weighted by Gasteiger charge is -2.44. The van der Waals surface area contributed by atoms with Gasteiger partial charge in [0.05, 0.1) is 6.61 Å². The van der Waals surface area contributed by atoms with Gasteiger partial charge in [-0.15, -0.1) is 0 Å². The highest BCUT2D eigenvalue weighted by atomic mass is 16.5. The lowest BCUT2D eigenvalue weighted by Crippen LogP contribution is -2.55. The molecule has 20 heavy (non-hydrogen) atoms. The minimum absolute atomic E-state index is 0.279. The summed E-state index contributed by atoms with van der Waals surface area (Å²) < 4.78 is 5.80. The highest BCUT2D eigenvalue weighted by molar-refractivity contribution is 4.83. The van der Waals surface area contributed by atoms with Gasteiger partial charge in [0, 0.05) is 44.4 Å². The van der Waals surface area contributed by atoms with Crippen molar-refractivity contribution in [3.05, 3.63) is 0 Å². The molecule has 1 saturated heterocycles. The third-order valence-corrected chi connectivity index (χ3v) is 4.10. The van der Waals surface area contributed by atoms with Crippen molar-refractivity contribution < 1.29 is 4.74 Å². The first kappa shape index (κ1) is 17.9. The normalized spacial score (nSPS) is 21.1. The molecule has 0 radical (unpaired) electrons. The molecule has 0 aromatic carbocycles. The summed E-state index contributed by atoms with van der Waals surface area (Å²) >= 11 is 0. The Morgan fingerprint density at radius 3 is 1.95 bits per heavy atom. The summed E-state index contributed by atoms with van der Waals surface area (Å²) in [6.45, 7) is 22.5. The van der Waals surface area contributed by atoms with E-state index in [1.807, 2.05) is 0 Å². The van der Waals surface area contributed by atoms with Crippen LogP contribution >= 0.6 is 0 Å². The van der Waals surface area contributed by atoms with Gasteiger partial charge in [0.2, 0.25) is 0 Å². The topological polar surface area (TPSA) is 15.7 Å². The summed E-state index contributed by atoms with van der Waals surface area (Å²) in [7, 11) is 0. The Morgan fingerprint density at radius 1 is 0.950 bits per heavy atom. The molecule has 0 bridgehead atoms. The first-order chi connectivity index (χ1) is 9.09. The molecule has 0 aliphatic carbocycles. The van der Waals surface area contributed by atoms with Gasteiger partial charge in [-0.25, -0.2) is 0 Å². The zero-order valence-electron chi connectivity index (χ0n) is 14.8. The molecule has 0 saturated carbocycles. The van der Waals surface area contributed by atoms with E-state index < -0.39 is 0 Å². The van der Waals surface area contributed by atoms with Crippen molar-refractivity contribution in [1.82, 2.24) is 9.80 Å². The maximum atomic E-state index is 5.80. The van der Waals surface area contributed by atoms with Crippen molar-refractivity contribution in [2.24, 2.45) is 5.41 Å². The summed E-state index contributed by atoms with van der Waals surface area (Å²) in [4.78, 5) is 5.20. The van der Waals surface area contributed by atoms with Gasteiger partial charge in [-0.2, -0.15) is 0 Å². The molecule has 1 rings (SSSR count). The average molecular weight is 284 g/mol. The van der Waals surface area contributed by atoms with E-state index in [4.69, 9.17) is 4.74 Å². The Hall–Kier alpha value is -0.120. The third-order valence-electron chi connectivity index (χ3n) is 4.10. The molecule has 1 aliphatic heterocycles. The van der Waals surface area contributed by atoms with Crippen molar-refractivity contribution >= 4 is 0 Å². The Kier molecular flexibility index (Phi) is 6.49. The largest absolute Gasteiger partial charge is 0.381 e. The second kappa shape index (κ2) is 7.24. The molecule has 3 heteroatoms. The Morgan fingerprint density at radius 2 is 1.50 bits per heavy atom. The zero-order valence-corrected chi connectivity index (χ0v) is 14.8. The molecule has 1 aliphatic rings. The Bertz CT molecular complexity index is 270. The fourth-order valence-corrected chi connectivity index (χ4v) is 2.65. The number of piperazine rings is 1. The molecule has 3 nitrogen and oxygen atoms in total. The zero-order chi connectivity index (χ0) is 15.4. The van der Waals surface area contributed by atoms with Gasteiger partial charge in [-0.3, -0.25) is 9.80 Å². The highest BCUT2D eigenvalue weighted by Crippen LogP contribution is 2.18. The second-order valence-electron chi connectivity index (χ2n) is 8.44. The van der Waals surface area contributed by atoms with Crippen LogP contribution in [0.4, 0.5) is 0 Å². The molecule has 120 valence electrons. The van der Waals surface area contributed by atoms with Crippen LogP contribution in [0.15, 0.2) is 0 Å². The van der Waals surface area contributed by atoms with Crippen LogP contribution in [0, 0.1) is 5.41 Å². The van der Waals surface area contributed by atoms with E-state index in [0.29, 0.717) is 11.6 Å². The van der Waals surface area contributed by atoms with E-state index in [1.165, 1.54) is 26.2 Å². The summed E-state index contributed by atoms with van der Waals surface area (Å²) in [5, 5.41) is 0. The van der Waals surface area contributed by atoms with E-state index >= 15 is 0 Å². The smallest absolute Gasteiger partial charge is 0.0514 e. The summed E-state index contributed by atoms with van der Waals surface area (Å²) in [6, 6.07) is 0.636. The molecule has 1 fully saturated rings. The molecule has 1 unspecified atom stereocenters. The minimum Gasteiger partial charge on any atom is -0.381 e. The monoisotopic (exact) mass is 284 g/mol. The first-order valence-electron chi connectivity index (χ1n) is 8.16. The molecule has 1 atom stereocenters. The van der Waals surface area contributed by atoms with Crippen LogP contribution in [0.1, 0.15) is 54.9 Å². The van der Waals surface area contributed by atoms with Crippen molar-refractivity contribution in [3.63, 3.8) is 0 Å². The van der Waals surface area contributed by atoms with Crippen LogP contribution in [0.2, 0.25) is 0 Å². The van der Waals surface area contributed by atoms with Gasteiger partial charge >= 0.3 is 0 Å². The average Bonchev–Trinajstić information content (AvgIpc) is 2.32. The molecule has 1 heterocycles. The molecule has 0 aromatic rings. The molecular formula is C17H36N2O. The number of nitrogens with zero attached hydrogens (tertiary/aromatic N) is 2. The van der Waals surface area contributed by atoms with Crippen molar-refractivity contribution in [3.8, 4) is 0 Å². The van der Waals surface area contributed by atoms with Gasteiger partial charge in [0.25, 0.3) is 0 Å². The van der Waals surface area contributed by atoms with Gasteiger partial charge in [-0.05, 0) is 39.5 Å². The molecule has 0 N–H and O–H groups in total. The minimum atomic E-state index is 0.279. The van der Waals surface area contributed by atoms with Gasteiger partial charge < -0.3 is 4.74 Å². The molecule has 0 amide bonds. The van der Waals surface area contributed by atoms with E-state index in [-0.39, 0.29) is 5.41 Å². The SMILES string of the molecule is CC(CCOCC(C)(C)C)N1CCN(C(C)(C)C)CC1. The standard InChI is InChI=1S/C17H36N2O/c1-15(8-13-20-14-16(2,3)4)18-9-11-19(12-10-18)17(5,6)7/h15H,8-14H2,1-7H3. The van der Waals surface area contributed by atoms with E-state index in [2.05, 4.69) is 58.3 Å². The van der Waals surface area contributed by atoms with Crippen molar-refractivity contribution in [2.75, 3.05) is 39.4 Å². The fourth-order valence-electron chi connectivity index (χ4n) is 2.65. The first-order valence-corrected chi connectivity index (χ1v) is 8.16. The molecule has 0 spiro atoms. The maximum Gasteiger partial charge on any atom is 0.0514 e. The van der Waals surface area contributed by atoms with Gasteiger partial charge in [-0.1, -0.05) is 20.8 Å². The predicted octanol–water partition coefficient (Wildman–Crippen LogP) is 3.24. The van der Waals surface area contributed by atoms with Crippen LogP contribution in [0.25, 0.3) is 0 Å². The summed E-state index contributed by atoms with van der Waals surface area (Å²) in [5.41, 5.74) is 0.590. The number of rotatable bonds is 5. The van der Waals surface area contributed by atoms with E-state index in [1.54, 1.807) is 0 Å².